The fourth-order valence-electron chi connectivity index (χ4n) is 5.89. The van der Waals surface area contributed by atoms with Gasteiger partial charge in [-0.3, -0.25) is 33.6 Å². The molecule has 0 unspecified atom stereocenters. The molecule has 0 radical (unpaired) electrons. The average molecular weight is 740 g/mol. The van der Waals surface area contributed by atoms with Crippen LogP contribution in [0.25, 0.3) is 0 Å². The third-order valence-electron chi connectivity index (χ3n) is 8.56. The normalized spacial score (nSPS) is 16.9. The third kappa shape index (κ3) is 12.7. The standard InChI is InChI=1S/C36H49N7O8S/c1-21(2)16-28(42-32(47)24(37)20-52)36(51)43-15-9-14-29(43)35(50)41-27(18-23-12-7-4-8-13-23)34(49)40-26(17-22-10-5-3-6-11-22)33(48)39-25(31(38)46)19-30(44)45/h3-8,10-13,21,24-29,52H,9,14-20,37H2,1-2H3,(H2,38,46)(H,39,48)(H,40,49)(H,41,50)(H,42,47)(H,44,45)/t24-,25-,26-,27-,28-,29-/m0/s1. The molecule has 1 fully saturated rings. The Morgan fingerprint density at radius 3 is 1.77 bits per heavy atom. The predicted molar refractivity (Wildman–Crippen MR) is 195 cm³/mol. The van der Waals surface area contributed by atoms with E-state index in [1.165, 1.54) is 4.90 Å². The van der Waals surface area contributed by atoms with E-state index >= 15 is 0 Å². The van der Waals surface area contributed by atoms with Crippen molar-refractivity contribution in [2.24, 2.45) is 17.4 Å². The van der Waals surface area contributed by atoms with Gasteiger partial charge < -0.3 is 42.7 Å². The van der Waals surface area contributed by atoms with Crippen LogP contribution < -0.4 is 32.7 Å². The van der Waals surface area contributed by atoms with Crippen LogP contribution in [-0.2, 0) is 46.4 Å². The van der Waals surface area contributed by atoms with Crippen molar-refractivity contribution in [3.8, 4) is 0 Å². The average Bonchev–Trinajstić information content (AvgIpc) is 3.60. The molecule has 0 spiro atoms. The van der Waals surface area contributed by atoms with Crippen LogP contribution >= 0.6 is 12.6 Å². The van der Waals surface area contributed by atoms with E-state index in [4.69, 9.17) is 11.5 Å². The molecule has 2 aromatic rings. The Bertz CT molecular complexity index is 1560. The van der Waals surface area contributed by atoms with Gasteiger partial charge >= 0.3 is 5.97 Å². The van der Waals surface area contributed by atoms with E-state index in [0.717, 1.165) is 0 Å². The van der Waals surface area contributed by atoms with E-state index in [1.54, 1.807) is 60.7 Å². The topological polar surface area (TPSA) is 243 Å². The van der Waals surface area contributed by atoms with Crippen LogP contribution in [0.1, 0.15) is 50.7 Å². The smallest absolute Gasteiger partial charge is 0.305 e. The first kappa shape index (κ1) is 41.5. The summed E-state index contributed by atoms with van der Waals surface area (Å²) in [6.07, 6.45) is 0.353. The highest BCUT2D eigenvalue weighted by molar-refractivity contribution is 7.80. The molecule has 1 saturated heterocycles. The number of carbonyl (C=O) groups is 7. The lowest BCUT2D eigenvalue weighted by molar-refractivity contribution is -0.142. The maximum atomic E-state index is 14.0. The summed E-state index contributed by atoms with van der Waals surface area (Å²) in [6.45, 7) is 4.06. The number of carbonyl (C=O) groups excluding carboxylic acids is 6. The summed E-state index contributed by atoms with van der Waals surface area (Å²) in [4.78, 5) is 92.6. The largest absolute Gasteiger partial charge is 0.481 e. The first-order valence-electron chi connectivity index (χ1n) is 17.2. The summed E-state index contributed by atoms with van der Waals surface area (Å²) >= 11 is 4.07. The van der Waals surface area contributed by atoms with Crippen LogP contribution in [0, 0.1) is 5.92 Å². The molecule has 15 nitrogen and oxygen atoms in total. The summed E-state index contributed by atoms with van der Waals surface area (Å²) in [5.74, 6) is -5.48. The van der Waals surface area contributed by atoms with Gasteiger partial charge in [-0.2, -0.15) is 12.6 Å². The monoisotopic (exact) mass is 739 g/mol. The molecule has 0 bridgehead atoms. The van der Waals surface area contributed by atoms with Gasteiger partial charge in [0.15, 0.2) is 0 Å². The molecule has 0 aliphatic carbocycles. The minimum absolute atomic E-state index is 0.0231. The predicted octanol–water partition coefficient (Wildman–Crippen LogP) is -0.335. The van der Waals surface area contributed by atoms with Crippen LogP contribution in [0.4, 0.5) is 0 Å². The van der Waals surface area contributed by atoms with Crippen molar-refractivity contribution in [3.63, 3.8) is 0 Å². The lowest BCUT2D eigenvalue weighted by Crippen LogP contribution is -2.60. The molecule has 16 heteroatoms. The van der Waals surface area contributed by atoms with Crippen molar-refractivity contribution in [3.05, 3.63) is 71.8 Å². The molecular weight excluding hydrogens is 691 g/mol. The minimum atomic E-state index is -1.54. The molecule has 1 aliphatic heterocycles. The number of hydrogen-bond acceptors (Lipinski definition) is 9. The van der Waals surface area contributed by atoms with Crippen LogP contribution in [0.5, 0.6) is 0 Å². The molecule has 9 N–H and O–H groups in total. The molecule has 1 aliphatic rings. The molecule has 3 rings (SSSR count). The number of likely N-dealkylation sites (tertiary alicyclic amines) is 1. The summed E-state index contributed by atoms with van der Waals surface area (Å²) in [5.41, 5.74) is 12.5. The minimum Gasteiger partial charge on any atom is -0.481 e. The fourth-order valence-corrected chi connectivity index (χ4v) is 6.05. The summed E-state index contributed by atoms with van der Waals surface area (Å²) in [7, 11) is 0. The number of carboxylic acid groups (broad SMARTS) is 1. The first-order valence-corrected chi connectivity index (χ1v) is 17.8. The molecule has 282 valence electrons. The van der Waals surface area contributed by atoms with Crippen LogP contribution in [0.3, 0.4) is 0 Å². The van der Waals surface area contributed by atoms with E-state index in [0.29, 0.717) is 30.4 Å². The first-order chi connectivity index (χ1) is 24.7. The van der Waals surface area contributed by atoms with Gasteiger partial charge in [-0.05, 0) is 36.3 Å². The van der Waals surface area contributed by atoms with E-state index in [2.05, 4.69) is 33.9 Å². The number of carboxylic acids is 1. The molecule has 6 atom stereocenters. The van der Waals surface area contributed by atoms with Crippen molar-refractivity contribution in [2.45, 2.75) is 88.6 Å². The molecule has 0 saturated carbocycles. The molecular formula is C36H49N7O8S. The Balaban J connectivity index is 1.88. The van der Waals surface area contributed by atoms with Gasteiger partial charge in [-0.1, -0.05) is 74.5 Å². The van der Waals surface area contributed by atoms with E-state index < -0.39 is 84.1 Å². The van der Waals surface area contributed by atoms with Crippen molar-refractivity contribution >= 4 is 54.0 Å². The van der Waals surface area contributed by atoms with Crippen molar-refractivity contribution in [1.82, 2.24) is 26.2 Å². The molecule has 1 heterocycles. The Morgan fingerprint density at radius 1 is 0.788 bits per heavy atom. The molecule has 6 amide bonds. The zero-order valence-electron chi connectivity index (χ0n) is 29.3. The maximum Gasteiger partial charge on any atom is 0.305 e. The lowest BCUT2D eigenvalue weighted by atomic mass is 10.0. The van der Waals surface area contributed by atoms with E-state index in [-0.39, 0.29) is 31.1 Å². The highest BCUT2D eigenvalue weighted by Crippen LogP contribution is 2.21. The molecule has 52 heavy (non-hydrogen) atoms. The second-order valence-electron chi connectivity index (χ2n) is 13.2. The summed E-state index contributed by atoms with van der Waals surface area (Å²) in [6, 6.07) is 10.7. The van der Waals surface area contributed by atoms with Gasteiger partial charge in [0.25, 0.3) is 0 Å². The molecule has 2 aromatic carbocycles. The molecule has 0 aromatic heterocycles. The third-order valence-corrected chi connectivity index (χ3v) is 8.96. The van der Waals surface area contributed by atoms with Crippen LogP contribution in [-0.4, -0.2) is 100.0 Å². The Labute approximate surface area is 308 Å². The number of nitrogens with one attached hydrogen (secondary N) is 4. The number of benzene rings is 2. The second kappa shape index (κ2) is 20.2. The van der Waals surface area contributed by atoms with Gasteiger partial charge in [-0.25, -0.2) is 0 Å². The number of amides is 6. The number of aliphatic carboxylic acids is 1. The maximum absolute atomic E-state index is 14.0. The lowest BCUT2D eigenvalue weighted by Gasteiger charge is -2.31. The van der Waals surface area contributed by atoms with E-state index in [1.807, 2.05) is 13.8 Å². The van der Waals surface area contributed by atoms with Gasteiger partial charge in [-0.15, -0.1) is 0 Å². The van der Waals surface area contributed by atoms with Crippen LogP contribution in [0.2, 0.25) is 0 Å². The fraction of sp³-hybridized carbons (Fsp3) is 0.472. The Hall–Kier alpha value is -4.96. The van der Waals surface area contributed by atoms with Gasteiger partial charge in [0, 0.05) is 25.1 Å². The second-order valence-corrected chi connectivity index (χ2v) is 13.6. The van der Waals surface area contributed by atoms with Crippen LogP contribution in [0.15, 0.2) is 60.7 Å². The quantitative estimate of drug-likeness (QED) is 0.0879. The zero-order valence-corrected chi connectivity index (χ0v) is 30.2. The highest BCUT2D eigenvalue weighted by atomic mass is 32.1. The van der Waals surface area contributed by atoms with Crippen molar-refractivity contribution in [2.75, 3.05) is 12.3 Å². The van der Waals surface area contributed by atoms with Crippen molar-refractivity contribution in [1.29, 1.82) is 0 Å². The summed E-state index contributed by atoms with van der Waals surface area (Å²) < 4.78 is 0. The number of thiol groups is 1. The number of hydrogen-bond donors (Lipinski definition) is 8. The number of primary amides is 1. The SMILES string of the molecule is CC(C)C[C@H](NC(=O)[C@@H](N)CS)C(=O)N1CCC[C@H]1C(=O)N[C@@H](Cc1ccccc1)C(=O)N[C@@H](Cc1ccccc1)C(=O)N[C@@H](CC(=O)O)C(N)=O. The Morgan fingerprint density at radius 2 is 1.29 bits per heavy atom. The zero-order chi connectivity index (χ0) is 38.4. The number of nitrogens with zero attached hydrogens (tertiary/aromatic N) is 1. The number of rotatable bonds is 19. The number of nitrogens with two attached hydrogens (primary N) is 2. The van der Waals surface area contributed by atoms with Crippen molar-refractivity contribution < 1.29 is 38.7 Å². The van der Waals surface area contributed by atoms with Gasteiger partial charge in [0.05, 0.1) is 12.5 Å². The summed E-state index contributed by atoms with van der Waals surface area (Å²) in [5, 5.41) is 19.7. The van der Waals surface area contributed by atoms with Gasteiger partial charge in [0.1, 0.15) is 30.2 Å². The Kier molecular flexibility index (Phi) is 16.1. The van der Waals surface area contributed by atoms with Gasteiger partial charge in [0.2, 0.25) is 35.4 Å². The highest BCUT2D eigenvalue weighted by Gasteiger charge is 2.40. The van der Waals surface area contributed by atoms with E-state index in [9.17, 15) is 38.7 Å².